The molecular formula is C35H41N3O6. The Kier molecular flexibility index (Phi) is 8.97. The lowest BCUT2D eigenvalue weighted by Gasteiger charge is -2.40. The zero-order valence-corrected chi connectivity index (χ0v) is 26.5. The summed E-state index contributed by atoms with van der Waals surface area (Å²) in [5, 5.41) is 0.948. The number of aromatic nitrogens is 2. The van der Waals surface area contributed by atoms with Crippen LogP contribution in [0.2, 0.25) is 0 Å². The molecule has 0 aliphatic carbocycles. The molecule has 1 aliphatic heterocycles. The number of piperidine rings is 1. The molecule has 1 fully saturated rings. The van der Waals surface area contributed by atoms with E-state index in [9.17, 15) is 9.59 Å². The Morgan fingerprint density at radius 3 is 2.41 bits per heavy atom. The normalized spacial score (nSPS) is 17.3. The van der Waals surface area contributed by atoms with Gasteiger partial charge in [0.05, 0.1) is 32.4 Å². The molecule has 2 aromatic carbocycles. The van der Waals surface area contributed by atoms with E-state index in [1.54, 1.807) is 25.0 Å². The molecule has 0 amide bonds. The number of esters is 1. The molecule has 44 heavy (non-hydrogen) atoms. The Labute approximate surface area is 258 Å². The maximum atomic E-state index is 13.1. The second kappa shape index (κ2) is 12.7. The Morgan fingerprint density at radius 2 is 1.75 bits per heavy atom. The number of hydrogen-bond acceptors (Lipinski definition) is 8. The second-order valence-corrected chi connectivity index (χ2v) is 12.2. The number of hydrogen-bond donors (Lipinski definition) is 0. The highest BCUT2D eigenvalue weighted by molar-refractivity contribution is 5.95. The van der Waals surface area contributed by atoms with Crippen LogP contribution in [0, 0.1) is 6.92 Å². The minimum Gasteiger partial charge on any atom is -0.496 e. The van der Waals surface area contributed by atoms with Gasteiger partial charge in [0, 0.05) is 47.4 Å². The van der Waals surface area contributed by atoms with E-state index in [0.717, 1.165) is 58.4 Å². The van der Waals surface area contributed by atoms with Gasteiger partial charge in [-0.15, -0.1) is 0 Å². The van der Waals surface area contributed by atoms with E-state index in [2.05, 4.69) is 11.0 Å². The number of pyridine rings is 1. The number of rotatable bonds is 7. The van der Waals surface area contributed by atoms with Gasteiger partial charge in [-0.05, 0) is 88.5 Å². The summed E-state index contributed by atoms with van der Waals surface area (Å²) in [6.07, 6.45) is 3.10. The van der Waals surface area contributed by atoms with Gasteiger partial charge in [-0.1, -0.05) is 18.2 Å². The summed E-state index contributed by atoms with van der Waals surface area (Å²) in [5.41, 5.74) is 4.73. The van der Waals surface area contributed by atoms with E-state index in [-0.39, 0.29) is 17.9 Å². The molecule has 2 aromatic heterocycles. The third-order valence-electron chi connectivity index (χ3n) is 8.20. The Bertz CT molecular complexity index is 1650. The maximum absolute atomic E-state index is 13.1. The summed E-state index contributed by atoms with van der Waals surface area (Å²) < 4.78 is 23.5. The van der Waals surface area contributed by atoms with Crippen LogP contribution in [0.4, 0.5) is 4.79 Å². The van der Waals surface area contributed by atoms with E-state index in [1.165, 1.54) is 7.11 Å². The van der Waals surface area contributed by atoms with Crippen LogP contribution in [0.15, 0.2) is 60.8 Å². The Morgan fingerprint density at radius 1 is 1.00 bits per heavy atom. The zero-order chi connectivity index (χ0) is 31.6. The molecule has 5 rings (SSSR count). The first-order valence-corrected chi connectivity index (χ1v) is 14.9. The van der Waals surface area contributed by atoms with E-state index in [4.69, 9.17) is 23.9 Å². The Hall–Kier alpha value is -4.37. The summed E-state index contributed by atoms with van der Waals surface area (Å²) in [6, 6.07) is 17.5. The summed E-state index contributed by atoms with van der Waals surface area (Å²) in [5.74, 6) is 1.23. The van der Waals surface area contributed by atoms with Crippen LogP contribution in [0.1, 0.15) is 78.3 Å². The third kappa shape index (κ3) is 6.43. The number of carbonyl (C=O) groups is 2. The average Bonchev–Trinajstić information content (AvgIpc) is 3.48. The van der Waals surface area contributed by atoms with Gasteiger partial charge in [-0.2, -0.15) is 0 Å². The number of fused-ring (bicyclic) bond motifs is 1. The van der Waals surface area contributed by atoms with Crippen molar-refractivity contribution in [2.75, 3.05) is 27.9 Å². The number of likely N-dealkylation sites (tertiary alicyclic amines) is 1. The van der Waals surface area contributed by atoms with Crippen LogP contribution < -0.4 is 9.47 Å². The molecule has 2 unspecified atom stereocenters. The lowest BCUT2D eigenvalue weighted by atomic mass is 9.84. The number of benzene rings is 2. The molecule has 0 radical (unpaired) electrons. The quantitative estimate of drug-likeness (QED) is 0.209. The lowest BCUT2D eigenvalue weighted by molar-refractivity contribution is 0.0542. The van der Waals surface area contributed by atoms with Gasteiger partial charge in [-0.25, -0.2) is 14.6 Å². The topological polar surface area (TPSA) is 92.1 Å². The van der Waals surface area contributed by atoms with Gasteiger partial charge in [0.15, 0.2) is 0 Å². The van der Waals surface area contributed by atoms with E-state index in [0.29, 0.717) is 18.0 Å². The van der Waals surface area contributed by atoms with Crippen molar-refractivity contribution in [3.8, 4) is 11.6 Å². The Balaban J connectivity index is 1.54. The van der Waals surface area contributed by atoms with Gasteiger partial charge < -0.3 is 18.9 Å². The number of aryl methyl sites for hydroxylation is 1. The molecular weight excluding hydrogens is 558 g/mol. The molecule has 2 atom stereocenters. The monoisotopic (exact) mass is 599 g/mol. The summed E-state index contributed by atoms with van der Waals surface area (Å²) in [6.45, 7) is 8.97. The van der Waals surface area contributed by atoms with Crippen molar-refractivity contribution in [3.05, 3.63) is 88.7 Å². The van der Waals surface area contributed by atoms with Crippen molar-refractivity contribution < 1.29 is 28.5 Å². The van der Waals surface area contributed by atoms with Gasteiger partial charge in [0.1, 0.15) is 11.4 Å². The summed E-state index contributed by atoms with van der Waals surface area (Å²) in [4.78, 5) is 32.5. The van der Waals surface area contributed by atoms with E-state index in [1.807, 2.05) is 76.2 Å². The number of nitrogens with zero attached hydrogens (tertiary/aromatic N) is 3. The smallest absolute Gasteiger partial charge is 0.419 e. The van der Waals surface area contributed by atoms with Crippen LogP contribution in [-0.2, 0) is 16.0 Å². The predicted octanol–water partition coefficient (Wildman–Crippen LogP) is 7.05. The highest BCUT2D eigenvalue weighted by atomic mass is 16.6. The van der Waals surface area contributed by atoms with Gasteiger partial charge in [0.2, 0.25) is 5.88 Å². The predicted molar refractivity (Wildman–Crippen MR) is 169 cm³/mol. The molecule has 4 aromatic rings. The first-order chi connectivity index (χ1) is 21.0. The molecule has 0 saturated carbocycles. The first-order valence-electron chi connectivity index (χ1n) is 14.9. The van der Waals surface area contributed by atoms with Crippen LogP contribution in [0.3, 0.4) is 0 Å². The summed E-state index contributed by atoms with van der Waals surface area (Å²) >= 11 is 0. The van der Waals surface area contributed by atoms with E-state index >= 15 is 0 Å². The highest BCUT2D eigenvalue weighted by Gasteiger charge is 2.33. The molecule has 0 bridgehead atoms. The fourth-order valence-electron chi connectivity index (χ4n) is 6.12. The SMILES string of the molecule is COC(=O)c1ccc(C2CC(c3cccc(OC)n3)CCN2Cc2c(OC)cc(C)c3c2ccn3C(=O)OC(C)(C)C)cc1. The number of methoxy groups -OCH3 is 3. The van der Waals surface area contributed by atoms with Crippen molar-refractivity contribution >= 4 is 23.0 Å². The van der Waals surface area contributed by atoms with Gasteiger partial charge >= 0.3 is 12.1 Å². The first kappa shape index (κ1) is 31.1. The zero-order valence-electron chi connectivity index (χ0n) is 26.5. The fraction of sp³-hybridized carbons (Fsp3) is 0.400. The average molecular weight is 600 g/mol. The standard InChI is InChI=1S/C35H41N3O6/c1-22-19-30(41-5)27(26-16-18-38(32(22)26)34(40)44-35(2,3)4)21-37-17-15-25(28-9-8-10-31(36-28)42-6)20-29(37)23-11-13-24(14-12-23)33(39)43-7/h8-14,16,18-19,25,29H,15,17,20-21H2,1-7H3. The van der Waals surface area contributed by atoms with Gasteiger partial charge in [-0.3, -0.25) is 9.47 Å². The lowest BCUT2D eigenvalue weighted by Crippen LogP contribution is -2.36. The number of carbonyl (C=O) groups excluding carboxylic acids is 2. The van der Waals surface area contributed by atoms with Crippen LogP contribution in [0.25, 0.3) is 10.9 Å². The molecule has 9 heteroatoms. The maximum Gasteiger partial charge on any atom is 0.419 e. The highest BCUT2D eigenvalue weighted by Crippen LogP contribution is 2.42. The minimum atomic E-state index is -0.616. The molecule has 9 nitrogen and oxygen atoms in total. The van der Waals surface area contributed by atoms with E-state index < -0.39 is 11.7 Å². The van der Waals surface area contributed by atoms with Crippen LogP contribution in [0.5, 0.6) is 11.6 Å². The molecule has 1 saturated heterocycles. The van der Waals surface area contributed by atoms with Crippen molar-refractivity contribution in [2.24, 2.45) is 0 Å². The third-order valence-corrected chi connectivity index (χ3v) is 8.20. The molecule has 1 aliphatic rings. The molecule has 3 heterocycles. The van der Waals surface area contributed by atoms with Crippen molar-refractivity contribution in [2.45, 2.75) is 64.6 Å². The van der Waals surface area contributed by atoms with Crippen molar-refractivity contribution in [1.82, 2.24) is 14.5 Å². The fourth-order valence-corrected chi connectivity index (χ4v) is 6.12. The van der Waals surface area contributed by atoms with Gasteiger partial charge in [0.25, 0.3) is 0 Å². The van der Waals surface area contributed by atoms with Crippen molar-refractivity contribution in [3.63, 3.8) is 0 Å². The summed E-state index contributed by atoms with van der Waals surface area (Å²) in [7, 11) is 4.70. The van der Waals surface area contributed by atoms with Crippen LogP contribution >= 0.6 is 0 Å². The number of ether oxygens (including phenoxy) is 4. The molecule has 0 N–H and O–H groups in total. The second-order valence-electron chi connectivity index (χ2n) is 12.2. The van der Waals surface area contributed by atoms with Crippen LogP contribution in [-0.4, -0.2) is 60.0 Å². The van der Waals surface area contributed by atoms with Crippen molar-refractivity contribution in [1.29, 1.82) is 0 Å². The minimum absolute atomic E-state index is 0.0300. The molecule has 0 spiro atoms. The molecule has 232 valence electrons. The largest absolute Gasteiger partial charge is 0.496 e.